The Morgan fingerprint density at radius 2 is 2.05 bits per heavy atom. The maximum atomic E-state index is 12.6. The molecule has 2 aromatic heterocycles. The van der Waals surface area contributed by atoms with E-state index in [9.17, 15) is 4.79 Å². The number of carbonyl (C=O) groups excluding carboxylic acids is 1. The third-order valence-corrected chi connectivity index (χ3v) is 4.07. The van der Waals surface area contributed by atoms with E-state index >= 15 is 0 Å². The summed E-state index contributed by atoms with van der Waals surface area (Å²) in [7, 11) is 0. The lowest BCUT2D eigenvalue weighted by Gasteiger charge is -2.05. The molecule has 0 saturated carbocycles. The van der Waals surface area contributed by atoms with Crippen LogP contribution in [0, 0.1) is 0 Å². The first-order chi connectivity index (χ1) is 10.2. The summed E-state index contributed by atoms with van der Waals surface area (Å²) in [6, 6.07) is 11.1. The van der Waals surface area contributed by atoms with Crippen molar-refractivity contribution < 1.29 is 4.79 Å². The Morgan fingerprint density at radius 3 is 2.71 bits per heavy atom. The minimum absolute atomic E-state index is 0.153. The lowest BCUT2D eigenvalue weighted by atomic mass is 10.2. The van der Waals surface area contributed by atoms with Crippen LogP contribution in [0.1, 0.15) is 34.2 Å². The number of hydrogen-bond acceptors (Lipinski definition) is 5. The minimum Gasteiger partial charge on any atom is -0.322 e. The highest BCUT2D eigenvalue weighted by Crippen LogP contribution is 2.19. The number of rotatable bonds is 4. The number of ketones is 1. The number of carbonyl (C=O) groups is 1. The lowest BCUT2D eigenvalue weighted by molar-refractivity contribution is 0.102. The van der Waals surface area contributed by atoms with Gasteiger partial charge in [0.05, 0.1) is 17.9 Å². The molecule has 2 N–H and O–H groups in total. The van der Waals surface area contributed by atoms with Crippen LogP contribution in [0.2, 0.25) is 0 Å². The van der Waals surface area contributed by atoms with Gasteiger partial charge in [-0.25, -0.2) is 9.67 Å². The van der Waals surface area contributed by atoms with E-state index in [1.165, 1.54) is 11.3 Å². The van der Waals surface area contributed by atoms with E-state index in [1.807, 2.05) is 37.3 Å². The van der Waals surface area contributed by atoms with E-state index in [2.05, 4.69) is 10.1 Å². The summed E-state index contributed by atoms with van der Waals surface area (Å²) in [6.45, 7) is 1.85. The van der Waals surface area contributed by atoms with Gasteiger partial charge in [-0.3, -0.25) is 4.79 Å². The highest BCUT2D eigenvalue weighted by atomic mass is 32.1. The fourth-order valence-electron chi connectivity index (χ4n) is 1.98. The van der Waals surface area contributed by atoms with Crippen LogP contribution in [-0.4, -0.2) is 20.5 Å². The van der Waals surface area contributed by atoms with E-state index in [-0.39, 0.29) is 11.8 Å². The third kappa shape index (κ3) is 2.63. The molecule has 0 radical (unpaired) electrons. The molecule has 0 spiro atoms. The summed E-state index contributed by atoms with van der Waals surface area (Å²) < 4.78 is 1.62. The van der Waals surface area contributed by atoms with Gasteiger partial charge in [-0.1, -0.05) is 18.2 Å². The number of para-hydroxylation sites is 1. The second-order valence-electron chi connectivity index (χ2n) is 4.65. The molecule has 6 heteroatoms. The Hall–Kier alpha value is -2.31. The van der Waals surface area contributed by atoms with Crippen LogP contribution in [0.25, 0.3) is 5.69 Å². The van der Waals surface area contributed by atoms with Gasteiger partial charge in [-0.05, 0) is 25.1 Å². The molecule has 3 rings (SSSR count). The van der Waals surface area contributed by atoms with E-state index in [4.69, 9.17) is 5.73 Å². The standard InChI is InChI=1S/C15H14N4OS/c1-10(16)15-18-12(9-21-15)14(20)13-7-8-17-19(13)11-5-3-2-4-6-11/h2-10H,16H2,1H3. The van der Waals surface area contributed by atoms with Crippen LogP contribution < -0.4 is 5.73 Å². The number of hydrogen-bond donors (Lipinski definition) is 1. The predicted octanol–water partition coefficient (Wildman–Crippen LogP) is 2.58. The molecule has 0 aliphatic heterocycles. The van der Waals surface area contributed by atoms with Crippen molar-refractivity contribution in [1.82, 2.24) is 14.8 Å². The Kier molecular flexibility index (Phi) is 3.64. The predicted molar refractivity (Wildman–Crippen MR) is 81.7 cm³/mol. The first-order valence-electron chi connectivity index (χ1n) is 6.52. The van der Waals surface area contributed by atoms with Crippen molar-refractivity contribution in [3.8, 4) is 5.69 Å². The lowest BCUT2D eigenvalue weighted by Crippen LogP contribution is -2.11. The molecule has 0 aliphatic rings. The van der Waals surface area contributed by atoms with Crippen LogP contribution in [0.15, 0.2) is 48.0 Å². The SMILES string of the molecule is CC(N)c1nc(C(=O)c2ccnn2-c2ccccc2)cs1. The number of thiazole rings is 1. The van der Waals surface area contributed by atoms with Crippen LogP contribution in [0.4, 0.5) is 0 Å². The van der Waals surface area contributed by atoms with Crippen molar-refractivity contribution in [2.75, 3.05) is 0 Å². The molecule has 1 unspecified atom stereocenters. The van der Waals surface area contributed by atoms with Gasteiger partial charge < -0.3 is 5.73 Å². The summed E-state index contributed by atoms with van der Waals surface area (Å²) in [5.74, 6) is -0.153. The molecule has 106 valence electrons. The van der Waals surface area contributed by atoms with Gasteiger partial charge in [0.25, 0.3) is 0 Å². The fraction of sp³-hybridized carbons (Fsp3) is 0.133. The quantitative estimate of drug-likeness (QED) is 0.751. The fourth-order valence-corrected chi connectivity index (χ4v) is 2.74. The topological polar surface area (TPSA) is 73.8 Å². The largest absolute Gasteiger partial charge is 0.322 e. The van der Waals surface area contributed by atoms with Crippen molar-refractivity contribution in [2.45, 2.75) is 13.0 Å². The first kappa shape index (κ1) is 13.7. The van der Waals surface area contributed by atoms with E-state index in [0.29, 0.717) is 11.4 Å². The van der Waals surface area contributed by atoms with Gasteiger partial charge in [0, 0.05) is 5.38 Å². The monoisotopic (exact) mass is 298 g/mol. The van der Waals surface area contributed by atoms with E-state index < -0.39 is 0 Å². The van der Waals surface area contributed by atoms with Crippen molar-refractivity contribution in [3.05, 3.63) is 64.4 Å². The molecule has 21 heavy (non-hydrogen) atoms. The first-order valence-corrected chi connectivity index (χ1v) is 7.40. The van der Waals surface area contributed by atoms with Gasteiger partial charge >= 0.3 is 0 Å². The second-order valence-corrected chi connectivity index (χ2v) is 5.54. The van der Waals surface area contributed by atoms with Crippen molar-refractivity contribution >= 4 is 17.1 Å². The van der Waals surface area contributed by atoms with Gasteiger partial charge in [-0.15, -0.1) is 11.3 Å². The smallest absolute Gasteiger partial charge is 0.230 e. The summed E-state index contributed by atoms with van der Waals surface area (Å²) in [4.78, 5) is 16.9. The zero-order valence-electron chi connectivity index (χ0n) is 11.4. The number of nitrogens with two attached hydrogens (primary N) is 1. The maximum absolute atomic E-state index is 12.6. The molecule has 0 saturated heterocycles. The highest BCUT2D eigenvalue weighted by Gasteiger charge is 2.19. The van der Waals surface area contributed by atoms with Gasteiger partial charge in [0.15, 0.2) is 0 Å². The Labute approximate surface area is 126 Å². The molecule has 0 aliphatic carbocycles. The number of benzene rings is 1. The normalized spacial score (nSPS) is 12.3. The van der Waals surface area contributed by atoms with Gasteiger partial charge in [-0.2, -0.15) is 5.10 Å². The molecule has 0 fully saturated rings. The molecule has 0 amide bonds. The van der Waals surface area contributed by atoms with Crippen LogP contribution in [0.3, 0.4) is 0 Å². The van der Waals surface area contributed by atoms with Crippen molar-refractivity contribution in [2.24, 2.45) is 5.73 Å². The Balaban J connectivity index is 1.97. The molecular formula is C15H14N4OS. The molecule has 2 heterocycles. The molecule has 1 aromatic carbocycles. The van der Waals surface area contributed by atoms with Crippen LogP contribution in [0.5, 0.6) is 0 Å². The Morgan fingerprint density at radius 1 is 1.29 bits per heavy atom. The summed E-state index contributed by atoms with van der Waals surface area (Å²) in [5, 5.41) is 6.71. The molecule has 5 nitrogen and oxygen atoms in total. The summed E-state index contributed by atoms with van der Waals surface area (Å²) >= 11 is 1.40. The Bertz CT molecular complexity index is 761. The van der Waals surface area contributed by atoms with Crippen LogP contribution >= 0.6 is 11.3 Å². The number of aromatic nitrogens is 3. The van der Waals surface area contributed by atoms with E-state index in [0.717, 1.165) is 10.7 Å². The summed E-state index contributed by atoms with van der Waals surface area (Å²) in [6.07, 6.45) is 1.61. The molecule has 3 aromatic rings. The van der Waals surface area contributed by atoms with Gasteiger partial charge in [0.2, 0.25) is 5.78 Å². The minimum atomic E-state index is -0.171. The van der Waals surface area contributed by atoms with E-state index in [1.54, 1.807) is 22.3 Å². The second kappa shape index (κ2) is 5.59. The number of nitrogens with zero attached hydrogens (tertiary/aromatic N) is 3. The van der Waals surface area contributed by atoms with Gasteiger partial charge in [0.1, 0.15) is 16.4 Å². The highest BCUT2D eigenvalue weighted by molar-refractivity contribution is 7.09. The van der Waals surface area contributed by atoms with Crippen LogP contribution in [-0.2, 0) is 0 Å². The molecular weight excluding hydrogens is 284 g/mol. The average molecular weight is 298 g/mol. The third-order valence-electron chi connectivity index (χ3n) is 3.02. The molecule has 0 bridgehead atoms. The maximum Gasteiger partial charge on any atom is 0.230 e. The average Bonchev–Trinajstić information content (AvgIpc) is 3.17. The summed E-state index contributed by atoms with van der Waals surface area (Å²) in [5.41, 5.74) is 7.52. The zero-order chi connectivity index (χ0) is 14.8. The van der Waals surface area contributed by atoms with Crippen molar-refractivity contribution in [1.29, 1.82) is 0 Å². The molecule has 1 atom stereocenters. The zero-order valence-corrected chi connectivity index (χ0v) is 12.2. The van der Waals surface area contributed by atoms with Crippen molar-refractivity contribution in [3.63, 3.8) is 0 Å².